The minimum absolute atomic E-state index is 0.123. The number of aromatic nitrogens is 1. The topological polar surface area (TPSA) is 68.5 Å². The molecule has 1 aliphatic heterocycles. The lowest BCUT2D eigenvalue weighted by Gasteiger charge is -2.27. The average molecular weight is 242 g/mol. The van der Waals surface area contributed by atoms with Crippen LogP contribution in [-0.4, -0.2) is 42.1 Å². The van der Waals surface area contributed by atoms with E-state index in [9.17, 15) is 4.79 Å². The zero-order chi connectivity index (χ0) is 11.5. The van der Waals surface area contributed by atoms with Gasteiger partial charge in [0.25, 0.3) is 5.91 Å². The van der Waals surface area contributed by atoms with Crippen molar-refractivity contribution in [2.75, 3.05) is 32.0 Å². The Balaban J connectivity index is 2.22. The summed E-state index contributed by atoms with van der Waals surface area (Å²) in [5, 5.41) is 0.325. The number of nitrogens with two attached hydrogens (primary N) is 1. The lowest BCUT2D eigenvalue weighted by molar-refractivity contribution is 0.0303. The number of anilines is 1. The fourth-order valence-corrected chi connectivity index (χ4v) is 1.74. The second-order valence-electron chi connectivity index (χ2n) is 3.49. The SMILES string of the molecule is Nc1cc(C(=O)N2CCOCC2)c(Cl)cn1. The lowest BCUT2D eigenvalue weighted by Crippen LogP contribution is -2.40. The number of pyridine rings is 1. The molecule has 86 valence electrons. The van der Waals surface area contributed by atoms with Crippen LogP contribution in [0, 0.1) is 0 Å². The third-order valence-electron chi connectivity index (χ3n) is 2.41. The van der Waals surface area contributed by atoms with Crippen molar-refractivity contribution in [2.45, 2.75) is 0 Å². The van der Waals surface area contributed by atoms with Crippen molar-refractivity contribution < 1.29 is 9.53 Å². The number of nitrogens with zero attached hydrogens (tertiary/aromatic N) is 2. The summed E-state index contributed by atoms with van der Waals surface area (Å²) in [5.41, 5.74) is 5.93. The first-order chi connectivity index (χ1) is 7.68. The Morgan fingerprint density at radius 3 is 2.88 bits per heavy atom. The molecule has 0 atom stereocenters. The molecule has 0 aliphatic carbocycles. The zero-order valence-electron chi connectivity index (χ0n) is 8.65. The second kappa shape index (κ2) is 4.67. The van der Waals surface area contributed by atoms with E-state index in [2.05, 4.69) is 4.98 Å². The first-order valence-electron chi connectivity index (χ1n) is 4.96. The van der Waals surface area contributed by atoms with Gasteiger partial charge in [-0.25, -0.2) is 4.98 Å². The fourth-order valence-electron chi connectivity index (χ4n) is 1.56. The smallest absolute Gasteiger partial charge is 0.255 e. The van der Waals surface area contributed by atoms with Crippen LogP contribution in [0.3, 0.4) is 0 Å². The molecule has 0 aromatic carbocycles. The molecule has 2 heterocycles. The molecule has 1 aromatic heterocycles. The predicted octanol–water partition coefficient (Wildman–Crippen LogP) is 0.790. The Morgan fingerprint density at radius 2 is 2.19 bits per heavy atom. The van der Waals surface area contributed by atoms with Crippen LogP contribution in [0.5, 0.6) is 0 Å². The van der Waals surface area contributed by atoms with Gasteiger partial charge >= 0.3 is 0 Å². The van der Waals surface area contributed by atoms with Crippen LogP contribution in [0.4, 0.5) is 5.82 Å². The minimum atomic E-state index is -0.123. The normalized spacial score (nSPS) is 16.2. The summed E-state index contributed by atoms with van der Waals surface area (Å²) in [6.45, 7) is 2.28. The summed E-state index contributed by atoms with van der Waals surface area (Å²) in [6.07, 6.45) is 1.39. The number of rotatable bonds is 1. The van der Waals surface area contributed by atoms with Gasteiger partial charge in [0.05, 0.1) is 23.8 Å². The van der Waals surface area contributed by atoms with Gasteiger partial charge in [0.15, 0.2) is 0 Å². The molecule has 0 bridgehead atoms. The highest BCUT2D eigenvalue weighted by Gasteiger charge is 2.20. The molecule has 1 aliphatic rings. The van der Waals surface area contributed by atoms with Crippen LogP contribution in [0.25, 0.3) is 0 Å². The predicted molar refractivity (Wildman–Crippen MR) is 60.4 cm³/mol. The molecule has 0 saturated carbocycles. The number of amides is 1. The maximum Gasteiger partial charge on any atom is 0.255 e. The maximum absolute atomic E-state index is 12.1. The molecule has 2 N–H and O–H groups in total. The van der Waals surface area contributed by atoms with E-state index in [1.54, 1.807) is 4.90 Å². The van der Waals surface area contributed by atoms with E-state index >= 15 is 0 Å². The molecular formula is C10H12ClN3O2. The molecule has 0 unspecified atom stereocenters. The highest BCUT2D eigenvalue weighted by molar-refractivity contribution is 6.33. The van der Waals surface area contributed by atoms with E-state index in [-0.39, 0.29) is 5.91 Å². The van der Waals surface area contributed by atoms with Gasteiger partial charge < -0.3 is 15.4 Å². The maximum atomic E-state index is 12.1. The first-order valence-corrected chi connectivity index (χ1v) is 5.34. The third kappa shape index (κ3) is 2.25. The van der Waals surface area contributed by atoms with Crippen LogP contribution >= 0.6 is 11.6 Å². The summed E-state index contributed by atoms with van der Waals surface area (Å²) in [7, 11) is 0. The Hall–Kier alpha value is -1.33. The van der Waals surface area contributed by atoms with Gasteiger partial charge in [-0.15, -0.1) is 0 Å². The average Bonchev–Trinajstić information content (AvgIpc) is 2.32. The largest absolute Gasteiger partial charge is 0.384 e. The Morgan fingerprint density at radius 1 is 1.50 bits per heavy atom. The summed E-state index contributed by atoms with van der Waals surface area (Å²) in [4.78, 5) is 17.6. The van der Waals surface area contributed by atoms with Crippen molar-refractivity contribution in [2.24, 2.45) is 0 Å². The molecule has 16 heavy (non-hydrogen) atoms. The Bertz CT molecular complexity index is 405. The van der Waals surface area contributed by atoms with Crippen molar-refractivity contribution in [3.63, 3.8) is 0 Å². The summed E-state index contributed by atoms with van der Waals surface area (Å²) in [6, 6.07) is 1.50. The van der Waals surface area contributed by atoms with Crippen LogP contribution < -0.4 is 5.73 Å². The van der Waals surface area contributed by atoms with Crippen LogP contribution in [0.2, 0.25) is 5.02 Å². The van der Waals surface area contributed by atoms with Gasteiger partial charge in [-0.2, -0.15) is 0 Å². The molecule has 1 aromatic rings. The van der Waals surface area contributed by atoms with Crippen molar-refractivity contribution >= 4 is 23.3 Å². The molecule has 6 heteroatoms. The van der Waals surface area contributed by atoms with Crippen molar-refractivity contribution in [3.8, 4) is 0 Å². The number of hydrogen-bond acceptors (Lipinski definition) is 4. The zero-order valence-corrected chi connectivity index (χ0v) is 9.41. The van der Waals surface area contributed by atoms with Gasteiger partial charge in [0, 0.05) is 19.3 Å². The molecule has 1 amide bonds. The van der Waals surface area contributed by atoms with E-state index < -0.39 is 0 Å². The van der Waals surface area contributed by atoms with E-state index in [0.29, 0.717) is 42.7 Å². The molecule has 1 saturated heterocycles. The van der Waals surface area contributed by atoms with E-state index in [4.69, 9.17) is 22.1 Å². The fraction of sp³-hybridized carbons (Fsp3) is 0.400. The van der Waals surface area contributed by atoms with Gasteiger partial charge in [-0.3, -0.25) is 4.79 Å². The van der Waals surface area contributed by atoms with E-state index in [1.807, 2.05) is 0 Å². The first kappa shape index (κ1) is 11.2. The Labute approximate surface area is 98.1 Å². The summed E-state index contributed by atoms with van der Waals surface area (Å²) >= 11 is 5.91. The Kier molecular flexibility index (Phi) is 3.26. The molecule has 1 fully saturated rings. The highest BCUT2D eigenvalue weighted by atomic mass is 35.5. The van der Waals surface area contributed by atoms with Crippen molar-refractivity contribution in [1.82, 2.24) is 9.88 Å². The number of carbonyl (C=O) groups is 1. The van der Waals surface area contributed by atoms with Gasteiger partial charge in [-0.05, 0) is 6.07 Å². The standard InChI is InChI=1S/C10H12ClN3O2/c11-8-6-13-9(12)5-7(8)10(15)14-1-3-16-4-2-14/h5-6H,1-4H2,(H2,12,13). The summed E-state index contributed by atoms with van der Waals surface area (Å²) in [5.74, 6) is 0.170. The molecular weight excluding hydrogens is 230 g/mol. The lowest BCUT2D eigenvalue weighted by atomic mass is 10.2. The van der Waals surface area contributed by atoms with E-state index in [1.165, 1.54) is 12.3 Å². The van der Waals surface area contributed by atoms with Gasteiger partial charge in [-0.1, -0.05) is 11.6 Å². The van der Waals surface area contributed by atoms with Crippen molar-refractivity contribution in [1.29, 1.82) is 0 Å². The summed E-state index contributed by atoms with van der Waals surface area (Å²) < 4.78 is 5.18. The minimum Gasteiger partial charge on any atom is -0.384 e. The molecule has 5 nitrogen and oxygen atoms in total. The monoisotopic (exact) mass is 241 g/mol. The molecule has 0 spiro atoms. The van der Waals surface area contributed by atoms with Crippen molar-refractivity contribution in [3.05, 3.63) is 22.8 Å². The van der Waals surface area contributed by atoms with Gasteiger partial charge in [0.2, 0.25) is 0 Å². The second-order valence-corrected chi connectivity index (χ2v) is 3.90. The van der Waals surface area contributed by atoms with Crippen LogP contribution in [0.15, 0.2) is 12.3 Å². The number of ether oxygens (including phenoxy) is 1. The number of carbonyl (C=O) groups excluding carboxylic acids is 1. The number of hydrogen-bond donors (Lipinski definition) is 1. The third-order valence-corrected chi connectivity index (χ3v) is 2.71. The molecule has 0 radical (unpaired) electrons. The van der Waals surface area contributed by atoms with Crippen LogP contribution in [0.1, 0.15) is 10.4 Å². The number of nitrogen functional groups attached to an aromatic ring is 1. The quantitative estimate of drug-likeness (QED) is 0.789. The van der Waals surface area contributed by atoms with Gasteiger partial charge in [0.1, 0.15) is 5.82 Å². The number of morpholine rings is 1. The molecule has 2 rings (SSSR count). The van der Waals surface area contributed by atoms with E-state index in [0.717, 1.165) is 0 Å². The van der Waals surface area contributed by atoms with Crippen LogP contribution in [-0.2, 0) is 4.74 Å². The number of halogens is 1. The highest BCUT2D eigenvalue weighted by Crippen LogP contribution is 2.19.